The normalized spacial score (nSPS) is 11.0. The molecule has 4 nitrogen and oxygen atoms in total. The number of aryl methyl sites for hydroxylation is 1. The van der Waals surface area contributed by atoms with Crippen LogP contribution in [0.25, 0.3) is 21.8 Å². The van der Waals surface area contributed by atoms with E-state index in [-0.39, 0.29) is 5.43 Å². The average Bonchev–Trinajstić information content (AvgIpc) is 2.52. The first-order valence-electron chi connectivity index (χ1n) is 6.42. The smallest absolute Gasteiger partial charge is 0.197 e. The number of rotatable bonds is 2. The number of nitrogens with zero attached hydrogens (tertiary/aromatic N) is 1. The van der Waals surface area contributed by atoms with Crippen LogP contribution in [0.3, 0.4) is 0 Å². The van der Waals surface area contributed by atoms with Crippen LogP contribution in [0, 0.1) is 0 Å². The molecule has 21 heavy (non-hydrogen) atoms. The molecule has 0 aliphatic rings. The number of halogens is 1. The predicted molar refractivity (Wildman–Crippen MR) is 84.8 cm³/mol. The van der Waals surface area contributed by atoms with Crippen LogP contribution in [0.5, 0.6) is 11.5 Å². The van der Waals surface area contributed by atoms with Crippen molar-refractivity contribution in [3.63, 3.8) is 0 Å². The summed E-state index contributed by atoms with van der Waals surface area (Å²) < 4.78 is 12.6. The number of methoxy groups -OCH3 is 2. The van der Waals surface area contributed by atoms with E-state index in [1.165, 1.54) is 14.2 Å². The summed E-state index contributed by atoms with van der Waals surface area (Å²) in [6.45, 7) is 0. The number of benzene rings is 2. The summed E-state index contributed by atoms with van der Waals surface area (Å²) in [6, 6.07) is 9.11. The van der Waals surface area contributed by atoms with Crippen molar-refractivity contribution in [1.29, 1.82) is 0 Å². The quantitative estimate of drug-likeness (QED) is 0.682. The first-order valence-corrected chi connectivity index (χ1v) is 6.79. The molecule has 0 aliphatic heterocycles. The number of para-hydroxylation sites is 1. The minimum absolute atomic E-state index is 0.0630. The second-order valence-corrected chi connectivity index (χ2v) is 5.11. The third-order valence-electron chi connectivity index (χ3n) is 3.68. The van der Waals surface area contributed by atoms with E-state index >= 15 is 0 Å². The van der Waals surface area contributed by atoms with Gasteiger partial charge in [0.2, 0.25) is 0 Å². The molecule has 0 saturated carbocycles. The average molecular weight is 304 g/mol. The Labute approximate surface area is 126 Å². The molecule has 0 unspecified atom stereocenters. The Kier molecular flexibility index (Phi) is 3.26. The largest absolute Gasteiger partial charge is 0.495 e. The van der Waals surface area contributed by atoms with Crippen molar-refractivity contribution in [2.75, 3.05) is 14.2 Å². The van der Waals surface area contributed by atoms with Crippen molar-refractivity contribution in [1.82, 2.24) is 4.57 Å². The molecular formula is C16H14ClNO3. The summed E-state index contributed by atoms with van der Waals surface area (Å²) in [7, 11) is 4.92. The molecule has 0 aliphatic carbocycles. The molecule has 0 saturated heterocycles. The van der Waals surface area contributed by atoms with Gasteiger partial charge in [0.15, 0.2) is 11.2 Å². The molecule has 5 heteroatoms. The van der Waals surface area contributed by atoms with Gasteiger partial charge in [-0.3, -0.25) is 4.79 Å². The van der Waals surface area contributed by atoms with Gasteiger partial charge in [-0.15, -0.1) is 0 Å². The molecule has 0 N–H and O–H groups in total. The molecule has 0 amide bonds. The molecule has 2 aromatic carbocycles. The third kappa shape index (κ3) is 1.87. The van der Waals surface area contributed by atoms with Gasteiger partial charge in [0.1, 0.15) is 10.8 Å². The topological polar surface area (TPSA) is 40.5 Å². The van der Waals surface area contributed by atoms with Crippen LogP contribution in [0.1, 0.15) is 0 Å². The Morgan fingerprint density at radius 1 is 1.10 bits per heavy atom. The second kappa shape index (κ2) is 4.97. The highest BCUT2D eigenvalue weighted by Gasteiger charge is 2.19. The molecule has 0 fully saturated rings. The van der Waals surface area contributed by atoms with Gasteiger partial charge in [0.05, 0.1) is 30.6 Å². The Bertz CT molecular complexity index is 915. The fraction of sp³-hybridized carbons (Fsp3) is 0.188. The summed E-state index contributed by atoms with van der Waals surface area (Å²) in [4.78, 5) is 12.7. The van der Waals surface area contributed by atoms with Crippen molar-refractivity contribution in [2.24, 2.45) is 7.05 Å². The molecule has 0 bridgehead atoms. The molecule has 1 aromatic heterocycles. The molecule has 3 aromatic rings. The lowest BCUT2D eigenvalue weighted by molar-refractivity contribution is 0.397. The number of hydrogen-bond acceptors (Lipinski definition) is 3. The summed E-state index contributed by atoms with van der Waals surface area (Å²) in [6.07, 6.45) is 0. The van der Waals surface area contributed by atoms with Crippen molar-refractivity contribution >= 4 is 33.4 Å². The highest BCUT2D eigenvalue weighted by atomic mass is 35.5. The Morgan fingerprint density at radius 2 is 1.81 bits per heavy atom. The summed E-state index contributed by atoms with van der Waals surface area (Å²) in [5.41, 5.74) is 1.42. The van der Waals surface area contributed by atoms with E-state index in [9.17, 15) is 4.79 Å². The van der Waals surface area contributed by atoms with Crippen LogP contribution in [0.15, 0.2) is 35.1 Å². The SMILES string of the molecule is COc1cc2c(=O)c3ccccc3n(C)c2c(OC)c1Cl. The monoisotopic (exact) mass is 303 g/mol. The van der Waals surface area contributed by atoms with Gasteiger partial charge in [-0.2, -0.15) is 0 Å². The van der Waals surface area contributed by atoms with Crippen LogP contribution < -0.4 is 14.9 Å². The number of fused-ring (bicyclic) bond motifs is 2. The molecule has 1 heterocycles. The third-order valence-corrected chi connectivity index (χ3v) is 4.03. The molecular weight excluding hydrogens is 290 g/mol. The predicted octanol–water partition coefficient (Wildman–Crippen LogP) is 3.36. The van der Waals surface area contributed by atoms with Crippen LogP contribution in [0.2, 0.25) is 5.02 Å². The maximum absolute atomic E-state index is 12.7. The lowest BCUT2D eigenvalue weighted by Gasteiger charge is -2.16. The maximum atomic E-state index is 12.7. The zero-order chi connectivity index (χ0) is 15.1. The summed E-state index contributed by atoms with van der Waals surface area (Å²) >= 11 is 6.30. The van der Waals surface area contributed by atoms with Crippen molar-refractivity contribution in [2.45, 2.75) is 0 Å². The van der Waals surface area contributed by atoms with E-state index in [1.807, 2.05) is 35.9 Å². The van der Waals surface area contributed by atoms with E-state index in [2.05, 4.69) is 0 Å². The Hall–Kier alpha value is -2.20. The number of hydrogen-bond donors (Lipinski definition) is 0. The number of ether oxygens (including phenoxy) is 2. The number of pyridine rings is 1. The minimum Gasteiger partial charge on any atom is -0.495 e. The standard InChI is InChI=1S/C16H14ClNO3/c1-18-11-7-5-4-6-9(11)15(19)10-8-12(20-2)13(17)16(21-3)14(10)18/h4-8H,1-3H3. The van der Waals surface area contributed by atoms with Gasteiger partial charge in [0.25, 0.3) is 0 Å². The van der Waals surface area contributed by atoms with Crippen LogP contribution >= 0.6 is 11.6 Å². The minimum atomic E-state index is -0.0630. The first kappa shape index (κ1) is 13.8. The van der Waals surface area contributed by atoms with Crippen LogP contribution in [0.4, 0.5) is 0 Å². The fourth-order valence-electron chi connectivity index (χ4n) is 2.67. The van der Waals surface area contributed by atoms with Gasteiger partial charge >= 0.3 is 0 Å². The highest BCUT2D eigenvalue weighted by molar-refractivity contribution is 6.34. The van der Waals surface area contributed by atoms with E-state index in [4.69, 9.17) is 21.1 Å². The molecule has 108 valence electrons. The lowest BCUT2D eigenvalue weighted by atomic mass is 10.1. The van der Waals surface area contributed by atoms with Crippen molar-refractivity contribution in [3.8, 4) is 11.5 Å². The van der Waals surface area contributed by atoms with Gasteiger partial charge in [0, 0.05) is 12.4 Å². The van der Waals surface area contributed by atoms with Gasteiger partial charge in [-0.25, -0.2) is 0 Å². The maximum Gasteiger partial charge on any atom is 0.197 e. The second-order valence-electron chi connectivity index (χ2n) is 4.73. The van der Waals surface area contributed by atoms with Gasteiger partial charge < -0.3 is 14.0 Å². The van der Waals surface area contributed by atoms with E-state index < -0.39 is 0 Å². The zero-order valence-corrected chi connectivity index (χ0v) is 12.7. The molecule has 3 rings (SSSR count). The van der Waals surface area contributed by atoms with Crippen molar-refractivity contribution < 1.29 is 9.47 Å². The number of aromatic nitrogens is 1. The fourth-order valence-corrected chi connectivity index (χ4v) is 2.96. The van der Waals surface area contributed by atoms with E-state index in [1.54, 1.807) is 6.07 Å². The van der Waals surface area contributed by atoms with Crippen LogP contribution in [-0.4, -0.2) is 18.8 Å². The Balaban J connectivity index is 2.66. The summed E-state index contributed by atoms with van der Waals surface area (Å²) in [5, 5.41) is 1.53. The van der Waals surface area contributed by atoms with Crippen molar-refractivity contribution in [3.05, 3.63) is 45.6 Å². The zero-order valence-electron chi connectivity index (χ0n) is 11.9. The molecule has 0 spiro atoms. The summed E-state index contributed by atoms with van der Waals surface area (Å²) in [5.74, 6) is 0.866. The lowest BCUT2D eigenvalue weighted by Crippen LogP contribution is -2.10. The molecule has 0 radical (unpaired) electrons. The Morgan fingerprint density at radius 3 is 2.48 bits per heavy atom. The van der Waals surface area contributed by atoms with Gasteiger partial charge in [-0.05, 0) is 18.2 Å². The van der Waals surface area contributed by atoms with Gasteiger partial charge in [-0.1, -0.05) is 23.7 Å². The van der Waals surface area contributed by atoms with E-state index in [0.29, 0.717) is 32.8 Å². The molecule has 0 atom stereocenters. The van der Waals surface area contributed by atoms with E-state index in [0.717, 1.165) is 5.52 Å². The van der Waals surface area contributed by atoms with Crippen LogP contribution in [-0.2, 0) is 7.05 Å². The first-order chi connectivity index (χ1) is 10.1. The highest BCUT2D eigenvalue weighted by Crippen LogP contribution is 2.40.